The smallest absolute Gasteiger partial charge is 0.275 e. The van der Waals surface area contributed by atoms with Gasteiger partial charge in [0.05, 0.1) is 11.3 Å². The third kappa shape index (κ3) is 5.84. The fourth-order valence-electron chi connectivity index (χ4n) is 2.63. The number of rotatable bonds is 8. The number of benzene rings is 3. The van der Waals surface area contributed by atoms with Crippen LogP contribution in [0.25, 0.3) is 0 Å². The molecule has 0 spiro atoms. The summed E-state index contributed by atoms with van der Waals surface area (Å²) < 4.78 is 11.3. The highest BCUT2D eigenvalue weighted by Crippen LogP contribution is 2.18. The quantitative estimate of drug-likeness (QED) is 0.265. The molecule has 0 saturated heterocycles. The molecular formula is C23H23N3O3. The zero-order valence-corrected chi connectivity index (χ0v) is 16.2. The van der Waals surface area contributed by atoms with Crippen molar-refractivity contribution in [3.05, 3.63) is 90.0 Å². The fourth-order valence-corrected chi connectivity index (χ4v) is 2.63. The number of hydrogen-bond donors (Lipinski definition) is 2. The molecule has 0 aliphatic rings. The van der Waals surface area contributed by atoms with Gasteiger partial charge >= 0.3 is 0 Å². The van der Waals surface area contributed by atoms with Crippen LogP contribution in [-0.4, -0.2) is 24.8 Å². The van der Waals surface area contributed by atoms with Crippen LogP contribution in [-0.2, 0) is 0 Å². The number of carbonyl (C=O) groups excluding carboxylic acids is 1. The van der Waals surface area contributed by atoms with Crippen LogP contribution in [0.4, 0.5) is 5.69 Å². The van der Waals surface area contributed by atoms with Gasteiger partial charge in [-0.25, -0.2) is 5.43 Å². The topological polar surface area (TPSA) is 85.9 Å². The molecule has 0 radical (unpaired) electrons. The number of nitrogens with zero attached hydrogens (tertiary/aromatic N) is 1. The summed E-state index contributed by atoms with van der Waals surface area (Å²) in [5, 5.41) is 4.17. The summed E-state index contributed by atoms with van der Waals surface area (Å²) in [5.41, 5.74) is 10.9. The molecule has 0 aliphatic heterocycles. The Hall–Kier alpha value is -3.80. The minimum absolute atomic E-state index is 0.310. The number of amides is 1. The first kappa shape index (κ1) is 19.9. The van der Waals surface area contributed by atoms with Crippen LogP contribution in [0.15, 0.2) is 84.0 Å². The van der Waals surface area contributed by atoms with E-state index < -0.39 is 0 Å². The van der Waals surface area contributed by atoms with E-state index in [9.17, 15) is 4.79 Å². The second-order valence-electron chi connectivity index (χ2n) is 6.27. The molecule has 6 heteroatoms. The zero-order valence-electron chi connectivity index (χ0n) is 16.2. The van der Waals surface area contributed by atoms with E-state index in [4.69, 9.17) is 15.2 Å². The second-order valence-corrected chi connectivity index (χ2v) is 6.27. The van der Waals surface area contributed by atoms with E-state index >= 15 is 0 Å². The van der Waals surface area contributed by atoms with Gasteiger partial charge in [-0.05, 0) is 48.9 Å². The predicted octanol–water partition coefficient (Wildman–Crippen LogP) is 3.88. The maximum absolute atomic E-state index is 12.6. The number of hydrazone groups is 1. The van der Waals surface area contributed by atoms with Crippen LogP contribution in [0.3, 0.4) is 0 Å². The van der Waals surface area contributed by atoms with Crippen LogP contribution < -0.4 is 20.6 Å². The van der Waals surface area contributed by atoms with Gasteiger partial charge in [-0.3, -0.25) is 4.79 Å². The Bertz CT molecular complexity index is 987. The Morgan fingerprint density at radius 1 is 0.931 bits per heavy atom. The lowest BCUT2D eigenvalue weighted by Gasteiger charge is -2.11. The minimum Gasteiger partial charge on any atom is -0.490 e. The third-order valence-corrected chi connectivity index (χ3v) is 4.11. The van der Waals surface area contributed by atoms with Crippen LogP contribution in [0, 0.1) is 0 Å². The molecule has 0 bridgehead atoms. The molecule has 3 aromatic carbocycles. The molecule has 0 aliphatic carbocycles. The van der Waals surface area contributed by atoms with E-state index in [1.165, 1.54) is 0 Å². The first-order chi connectivity index (χ1) is 14.1. The van der Waals surface area contributed by atoms with Crippen molar-refractivity contribution in [3.63, 3.8) is 0 Å². The molecule has 0 atom stereocenters. The monoisotopic (exact) mass is 389 g/mol. The number of para-hydroxylation sites is 2. The van der Waals surface area contributed by atoms with Gasteiger partial charge in [-0.2, -0.15) is 5.10 Å². The van der Waals surface area contributed by atoms with Crippen LogP contribution >= 0.6 is 0 Å². The fraction of sp³-hybridized carbons (Fsp3) is 0.130. The van der Waals surface area contributed by atoms with E-state index in [0.717, 1.165) is 11.3 Å². The second kappa shape index (κ2) is 9.94. The largest absolute Gasteiger partial charge is 0.490 e. The van der Waals surface area contributed by atoms with Crippen molar-refractivity contribution in [2.45, 2.75) is 6.92 Å². The normalized spacial score (nSPS) is 11.0. The van der Waals surface area contributed by atoms with E-state index in [-0.39, 0.29) is 5.91 Å². The van der Waals surface area contributed by atoms with Gasteiger partial charge in [-0.15, -0.1) is 0 Å². The highest BCUT2D eigenvalue weighted by Gasteiger charge is 2.12. The molecule has 0 fully saturated rings. The minimum atomic E-state index is -0.354. The van der Waals surface area contributed by atoms with Crippen molar-refractivity contribution in [3.8, 4) is 11.5 Å². The molecule has 6 nitrogen and oxygen atoms in total. The number of nitrogens with two attached hydrogens (primary N) is 1. The van der Waals surface area contributed by atoms with Gasteiger partial charge in [0, 0.05) is 5.69 Å². The number of hydrogen-bond acceptors (Lipinski definition) is 5. The lowest BCUT2D eigenvalue weighted by atomic mass is 10.1. The molecule has 148 valence electrons. The van der Waals surface area contributed by atoms with Gasteiger partial charge in [0.2, 0.25) is 0 Å². The Kier molecular flexibility index (Phi) is 6.84. The van der Waals surface area contributed by atoms with Crippen LogP contribution in [0.2, 0.25) is 0 Å². The Morgan fingerprint density at radius 2 is 1.66 bits per heavy atom. The van der Waals surface area contributed by atoms with E-state index in [1.54, 1.807) is 37.3 Å². The lowest BCUT2D eigenvalue weighted by molar-refractivity contribution is 0.0949. The number of ether oxygens (including phenoxy) is 2. The summed E-state index contributed by atoms with van der Waals surface area (Å²) in [6.07, 6.45) is 0. The molecule has 3 N–H and O–H groups in total. The molecular weight excluding hydrogens is 366 g/mol. The van der Waals surface area contributed by atoms with Crippen LogP contribution in [0.5, 0.6) is 11.5 Å². The molecule has 3 rings (SSSR count). The number of carbonyl (C=O) groups is 1. The van der Waals surface area contributed by atoms with E-state index in [2.05, 4.69) is 10.5 Å². The van der Waals surface area contributed by atoms with Crippen molar-refractivity contribution in [1.82, 2.24) is 5.43 Å². The molecule has 3 aromatic rings. The van der Waals surface area contributed by atoms with Gasteiger partial charge in [-0.1, -0.05) is 42.5 Å². The maximum atomic E-state index is 12.6. The first-order valence-electron chi connectivity index (χ1n) is 9.24. The highest BCUT2D eigenvalue weighted by molar-refractivity contribution is 6.02. The molecule has 1 amide bonds. The Labute approximate surface area is 170 Å². The third-order valence-electron chi connectivity index (χ3n) is 4.11. The van der Waals surface area contributed by atoms with E-state index in [0.29, 0.717) is 35.9 Å². The van der Waals surface area contributed by atoms with Crippen molar-refractivity contribution in [2.75, 3.05) is 18.9 Å². The standard InChI is InChI=1S/C23H23N3O3/c1-17(18-8-7-9-19(24)16-18)25-26-23(27)21-12-5-6-13-22(21)29-15-14-28-20-10-3-2-4-11-20/h2-13,16H,14-15,24H2,1H3,(H,26,27)/b25-17-. The molecule has 0 heterocycles. The summed E-state index contributed by atoms with van der Waals surface area (Å²) in [6, 6.07) is 23.8. The SMILES string of the molecule is C/C(=N/NC(=O)c1ccccc1OCCOc1ccccc1)c1cccc(N)c1. The summed E-state index contributed by atoms with van der Waals surface area (Å²) in [4.78, 5) is 12.6. The first-order valence-corrected chi connectivity index (χ1v) is 9.24. The van der Waals surface area contributed by atoms with Crippen molar-refractivity contribution in [2.24, 2.45) is 5.10 Å². The van der Waals surface area contributed by atoms with Gasteiger partial charge in [0.25, 0.3) is 5.91 Å². The summed E-state index contributed by atoms with van der Waals surface area (Å²) in [7, 11) is 0. The molecule has 0 unspecified atom stereocenters. The summed E-state index contributed by atoms with van der Waals surface area (Å²) in [6.45, 7) is 2.48. The van der Waals surface area contributed by atoms with Crippen molar-refractivity contribution < 1.29 is 14.3 Å². The van der Waals surface area contributed by atoms with Gasteiger partial charge < -0.3 is 15.2 Å². The average Bonchev–Trinajstić information content (AvgIpc) is 2.76. The number of nitrogens with one attached hydrogen (secondary N) is 1. The molecule has 0 saturated carbocycles. The lowest BCUT2D eigenvalue weighted by Crippen LogP contribution is -2.21. The Morgan fingerprint density at radius 3 is 2.45 bits per heavy atom. The maximum Gasteiger partial charge on any atom is 0.275 e. The van der Waals surface area contributed by atoms with Gasteiger partial charge in [0.1, 0.15) is 24.7 Å². The predicted molar refractivity (Wildman–Crippen MR) is 114 cm³/mol. The van der Waals surface area contributed by atoms with Crippen LogP contribution in [0.1, 0.15) is 22.8 Å². The van der Waals surface area contributed by atoms with Gasteiger partial charge in [0.15, 0.2) is 0 Å². The summed E-state index contributed by atoms with van der Waals surface area (Å²) >= 11 is 0. The number of anilines is 1. The summed E-state index contributed by atoms with van der Waals surface area (Å²) in [5.74, 6) is 0.889. The van der Waals surface area contributed by atoms with E-state index in [1.807, 2.05) is 48.5 Å². The Balaban J connectivity index is 1.58. The highest BCUT2D eigenvalue weighted by atomic mass is 16.5. The zero-order chi connectivity index (χ0) is 20.5. The number of nitrogen functional groups attached to an aromatic ring is 1. The van der Waals surface area contributed by atoms with Crippen molar-refractivity contribution in [1.29, 1.82) is 0 Å². The molecule has 0 aromatic heterocycles. The van der Waals surface area contributed by atoms with Crippen molar-refractivity contribution >= 4 is 17.3 Å². The molecule has 29 heavy (non-hydrogen) atoms. The average molecular weight is 389 g/mol.